The molecule has 4 N–H and O–H groups in total. The van der Waals surface area contributed by atoms with Gasteiger partial charge in [0, 0.05) is 29.4 Å². The summed E-state index contributed by atoms with van der Waals surface area (Å²) < 4.78 is 10.1. The smallest absolute Gasteiger partial charge is 0.497 e. The molecule has 0 spiro atoms. The summed E-state index contributed by atoms with van der Waals surface area (Å²) in [6, 6.07) is 5.76. The van der Waals surface area contributed by atoms with Crippen molar-refractivity contribution in [2.75, 3.05) is 7.11 Å². The molecule has 0 aliphatic heterocycles. The monoisotopic (exact) mass is 276 g/mol. The van der Waals surface area contributed by atoms with Crippen LogP contribution in [0.25, 0.3) is 10.9 Å². The quantitative estimate of drug-likeness (QED) is 0.576. The summed E-state index contributed by atoms with van der Waals surface area (Å²) in [5, 5.41) is 9.80. The Morgan fingerprint density at radius 1 is 1.50 bits per heavy atom. The number of fused-ring (bicyclic) bond motifs is 3. The molecule has 3 rings (SSSR count). The third kappa shape index (κ3) is 2.08. The van der Waals surface area contributed by atoms with Crippen LogP contribution in [0.4, 0.5) is 4.79 Å². The average molecular weight is 276 g/mol. The average Bonchev–Trinajstić information content (AvgIpc) is 2.74. The van der Waals surface area contributed by atoms with E-state index in [1.807, 2.05) is 18.2 Å². The van der Waals surface area contributed by atoms with Gasteiger partial charge in [-0.05, 0) is 30.2 Å². The number of aromatic amines is 1. The van der Waals surface area contributed by atoms with Crippen molar-refractivity contribution in [1.29, 1.82) is 0 Å². The van der Waals surface area contributed by atoms with Gasteiger partial charge in [0.25, 0.3) is 0 Å². The number of carboxylic acid groups (broad SMARTS) is 1. The highest BCUT2D eigenvalue weighted by atomic mass is 16.7. The second kappa shape index (κ2) is 4.42. The van der Waals surface area contributed by atoms with Gasteiger partial charge in [-0.1, -0.05) is 0 Å². The van der Waals surface area contributed by atoms with Gasteiger partial charge in [0.15, 0.2) is 5.72 Å². The van der Waals surface area contributed by atoms with E-state index in [4.69, 9.17) is 20.3 Å². The molecule has 1 aliphatic rings. The molecule has 0 saturated carbocycles. The van der Waals surface area contributed by atoms with E-state index in [0.29, 0.717) is 19.3 Å². The van der Waals surface area contributed by atoms with Crippen LogP contribution in [-0.2, 0) is 17.6 Å². The summed E-state index contributed by atoms with van der Waals surface area (Å²) in [6.45, 7) is 0. The van der Waals surface area contributed by atoms with Crippen LogP contribution in [0.2, 0.25) is 0 Å². The molecule has 0 saturated heterocycles. The first-order chi connectivity index (χ1) is 9.50. The van der Waals surface area contributed by atoms with Gasteiger partial charge >= 0.3 is 6.16 Å². The first kappa shape index (κ1) is 12.8. The predicted octanol–water partition coefficient (Wildman–Crippen LogP) is 2.01. The summed E-state index contributed by atoms with van der Waals surface area (Å²) in [7, 11) is 1.61. The van der Waals surface area contributed by atoms with Crippen molar-refractivity contribution in [3.63, 3.8) is 0 Å². The van der Waals surface area contributed by atoms with E-state index in [1.165, 1.54) is 0 Å². The zero-order valence-electron chi connectivity index (χ0n) is 11.1. The van der Waals surface area contributed by atoms with Crippen molar-refractivity contribution in [3.05, 3.63) is 29.5 Å². The second-order valence-corrected chi connectivity index (χ2v) is 5.10. The van der Waals surface area contributed by atoms with E-state index in [2.05, 4.69) is 4.98 Å². The largest absolute Gasteiger partial charge is 0.507 e. The van der Waals surface area contributed by atoms with E-state index in [1.54, 1.807) is 7.11 Å². The Bertz CT molecular complexity index is 679. The number of rotatable bonds is 2. The van der Waals surface area contributed by atoms with E-state index < -0.39 is 11.9 Å². The molecule has 0 amide bonds. The number of methoxy groups -OCH3 is 1. The molecule has 20 heavy (non-hydrogen) atoms. The third-order valence-electron chi connectivity index (χ3n) is 3.77. The Hall–Kier alpha value is -2.21. The third-order valence-corrected chi connectivity index (χ3v) is 3.77. The number of nitrogens with one attached hydrogen (secondary N) is 1. The number of aromatic nitrogens is 1. The number of benzene rings is 1. The molecule has 6 heteroatoms. The van der Waals surface area contributed by atoms with Gasteiger partial charge in [-0.15, -0.1) is 0 Å². The molecule has 1 unspecified atom stereocenters. The van der Waals surface area contributed by atoms with Crippen LogP contribution in [0.5, 0.6) is 5.75 Å². The minimum Gasteiger partial charge on any atom is -0.497 e. The molecular formula is C14H16N2O4. The van der Waals surface area contributed by atoms with Gasteiger partial charge < -0.3 is 19.6 Å². The van der Waals surface area contributed by atoms with Gasteiger partial charge in [-0.2, -0.15) is 0 Å². The zero-order valence-corrected chi connectivity index (χ0v) is 11.1. The van der Waals surface area contributed by atoms with Crippen LogP contribution in [0, 0.1) is 0 Å². The highest BCUT2D eigenvalue weighted by Crippen LogP contribution is 2.34. The van der Waals surface area contributed by atoms with Gasteiger partial charge in [-0.25, -0.2) is 4.79 Å². The lowest BCUT2D eigenvalue weighted by Gasteiger charge is -2.31. The number of nitrogens with two attached hydrogens (primary N) is 1. The van der Waals surface area contributed by atoms with Crippen LogP contribution in [-0.4, -0.2) is 29.1 Å². The van der Waals surface area contributed by atoms with Gasteiger partial charge in [-0.3, -0.25) is 5.73 Å². The topological polar surface area (TPSA) is 97.6 Å². The van der Waals surface area contributed by atoms with Crippen LogP contribution < -0.4 is 10.5 Å². The van der Waals surface area contributed by atoms with E-state index >= 15 is 0 Å². The summed E-state index contributed by atoms with van der Waals surface area (Å²) in [5.41, 5.74) is 7.98. The van der Waals surface area contributed by atoms with Gasteiger partial charge in [0.2, 0.25) is 0 Å². The molecule has 0 bridgehead atoms. The molecule has 0 radical (unpaired) electrons. The zero-order chi connectivity index (χ0) is 14.3. The molecule has 6 nitrogen and oxygen atoms in total. The maximum absolute atomic E-state index is 10.8. The van der Waals surface area contributed by atoms with Crippen molar-refractivity contribution >= 4 is 17.1 Å². The molecule has 106 valence electrons. The number of hydrogen-bond acceptors (Lipinski definition) is 4. The maximum Gasteiger partial charge on any atom is 0.507 e. The molecule has 1 aliphatic carbocycles. The summed E-state index contributed by atoms with van der Waals surface area (Å²) in [5.74, 6) is 0.756. The maximum atomic E-state index is 10.8. The summed E-state index contributed by atoms with van der Waals surface area (Å²) >= 11 is 0. The molecular weight excluding hydrogens is 260 g/mol. The lowest BCUT2D eigenvalue weighted by atomic mass is 9.89. The molecule has 1 aromatic heterocycles. The number of hydrogen-bond donors (Lipinski definition) is 3. The fraction of sp³-hybridized carbons (Fsp3) is 0.357. The highest BCUT2D eigenvalue weighted by molar-refractivity contribution is 5.86. The Kier molecular flexibility index (Phi) is 2.83. The fourth-order valence-electron chi connectivity index (χ4n) is 2.81. The normalized spacial score (nSPS) is 21.5. The van der Waals surface area contributed by atoms with Crippen molar-refractivity contribution in [1.82, 2.24) is 4.98 Å². The highest BCUT2D eigenvalue weighted by Gasteiger charge is 2.36. The first-order valence-electron chi connectivity index (χ1n) is 6.39. The number of aryl methyl sites for hydroxylation is 1. The summed E-state index contributed by atoms with van der Waals surface area (Å²) in [6.07, 6.45) is 0.155. The lowest BCUT2D eigenvalue weighted by Crippen LogP contribution is -2.48. The second-order valence-electron chi connectivity index (χ2n) is 5.10. The van der Waals surface area contributed by atoms with Crippen molar-refractivity contribution in [2.24, 2.45) is 5.73 Å². The molecule has 2 aromatic rings. The van der Waals surface area contributed by atoms with E-state index in [-0.39, 0.29) is 0 Å². The minimum absolute atomic E-state index is 0.363. The minimum atomic E-state index is -1.34. The first-order valence-corrected chi connectivity index (χ1v) is 6.39. The Morgan fingerprint density at radius 3 is 3.00 bits per heavy atom. The number of carbonyl (C=O) groups is 1. The SMILES string of the molecule is COc1ccc2[nH]c3c(c2c1)CC(N)(OC(=O)O)CC3. The fourth-order valence-corrected chi connectivity index (χ4v) is 2.81. The van der Waals surface area contributed by atoms with E-state index in [0.717, 1.165) is 27.9 Å². The van der Waals surface area contributed by atoms with Crippen molar-refractivity contribution in [3.8, 4) is 5.75 Å². The van der Waals surface area contributed by atoms with Crippen LogP contribution in [0.15, 0.2) is 18.2 Å². The van der Waals surface area contributed by atoms with Crippen LogP contribution in [0.1, 0.15) is 17.7 Å². The predicted molar refractivity (Wildman–Crippen MR) is 72.9 cm³/mol. The van der Waals surface area contributed by atoms with E-state index in [9.17, 15) is 4.79 Å². The number of ether oxygens (including phenoxy) is 2. The standard InChI is InChI=1S/C14H16N2O4/c1-19-8-2-3-11-9(6-8)10-7-14(15,20-13(17)18)5-4-12(10)16-11/h2-3,6,16H,4-5,7,15H2,1H3,(H,17,18). The van der Waals surface area contributed by atoms with Crippen molar-refractivity contribution < 1.29 is 19.4 Å². The number of H-pyrrole nitrogens is 1. The van der Waals surface area contributed by atoms with Gasteiger partial charge in [0.1, 0.15) is 5.75 Å². The molecule has 1 atom stereocenters. The van der Waals surface area contributed by atoms with Crippen molar-refractivity contribution in [2.45, 2.75) is 25.0 Å². The molecule has 0 fully saturated rings. The van der Waals surface area contributed by atoms with Crippen LogP contribution >= 0.6 is 0 Å². The Balaban J connectivity index is 2.04. The lowest BCUT2D eigenvalue weighted by molar-refractivity contribution is -0.0235. The van der Waals surface area contributed by atoms with Gasteiger partial charge in [0.05, 0.1) is 7.11 Å². The summed E-state index contributed by atoms with van der Waals surface area (Å²) in [4.78, 5) is 14.1. The Labute approximate surface area is 115 Å². The Morgan fingerprint density at radius 2 is 2.30 bits per heavy atom. The van der Waals surface area contributed by atoms with Crippen LogP contribution in [0.3, 0.4) is 0 Å². The molecule has 1 heterocycles. The molecule has 1 aromatic carbocycles.